The number of nitrogens with zero attached hydrogens (tertiary/aromatic N) is 3. The third kappa shape index (κ3) is 4.41. The number of aromatic nitrogens is 2. The van der Waals surface area contributed by atoms with Crippen LogP contribution in [-0.2, 0) is 7.05 Å². The number of hydrogen-bond acceptors (Lipinski definition) is 4. The molecule has 2 fully saturated rings. The first-order valence-electron chi connectivity index (χ1n) is 9.05. The predicted octanol–water partition coefficient (Wildman–Crippen LogP) is 1.24. The maximum absolute atomic E-state index is 12.3. The summed E-state index contributed by atoms with van der Waals surface area (Å²) in [5.41, 5.74) is 1.12. The van der Waals surface area contributed by atoms with Crippen LogP contribution in [0.5, 0.6) is 0 Å². The summed E-state index contributed by atoms with van der Waals surface area (Å²) in [4.78, 5) is 14.6. The van der Waals surface area contributed by atoms with Crippen molar-refractivity contribution in [2.45, 2.75) is 50.6 Å². The molecule has 1 saturated carbocycles. The van der Waals surface area contributed by atoms with E-state index >= 15 is 0 Å². The Bertz CT molecular complexity index is 539. The van der Waals surface area contributed by atoms with E-state index in [4.69, 9.17) is 0 Å². The van der Waals surface area contributed by atoms with Crippen LogP contribution in [0.1, 0.15) is 38.5 Å². The fraction of sp³-hybridized carbons (Fsp3) is 0.765. The number of amides is 2. The number of carbonyl (C=O) groups is 1. The maximum atomic E-state index is 12.3. The van der Waals surface area contributed by atoms with Gasteiger partial charge in [0.25, 0.3) is 0 Å². The highest BCUT2D eigenvalue weighted by atomic mass is 16.3. The smallest absolute Gasteiger partial charge is 0.315 e. The molecule has 1 atom stereocenters. The van der Waals surface area contributed by atoms with Crippen LogP contribution in [0.25, 0.3) is 0 Å². The van der Waals surface area contributed by atoms with Gasteiger partial charge in [-0.1, -0.05) is 0 Å². The molecule has 1 aliphatic carbocycles. The molecule has 1 unspecified atom stereocenters. The van der Waals surface area contributed by atoms with Crippen molar-refractivity contribution in [1.29, 1.82) is 0 Å². The van der Waals surface area contributed by atoms with Gasteiger partial charge >= 0.3 is 6.03 Å². The zero-order chi connectivity index (χ0) is 16.9. The number of aliphatic hydroxyl groups excluding tert-OH is 1. The average molecular weight is 335 g/mol. The van der Waals surface area contributed by atoms with E-state index in [2.05, 4.69) is 20.6 Å². The minimum Gasteiger partial charge on any atom is -0.396 e. The number of aryl methyl sites for hydroxylation is 1. The largest absolute Gasteiger partial charge is 0.396 e. The van der Waals surface area contributed by atoms with Crippen molar-refractivity contribution in [3.8, 4) is 0 Å². The lowest BCUT2D eigenvalue weighted by molar-refractivity contribution is 0.174. The van der Waals surface area contributed by atoms with Gasteiger partial charge in [0.15, 0.2) is 0 Å². The van der Waals surface area contributed by atoms with Crippen molar-refractivity contribution < 1.29 is 9.90 Å². The Morgan fingerprint density at radius 2 is 2.00 bits per heavy atom. The summed E-state index contributed by atoms with van der Waals surface area (Å²) in [7, 11) is 1.92. The highest BCUT2D eigenvalue weighted by Crippen LogP contribution is 2.24. The number of aliphatic hydroxyl groups is 1. The summed E-state index contributed by atoms with van der Waals surface area (Å²) in [6, 6.07) is 0.360. The number of hydrogen-bond donors (Lipinski definition) is 3. The van der Waals surface area contributed by atoms with Crippen LogP contribution in [0.15, 0.2) is 12.4 Å². The molecule has 1 aromatic rings. The molecular formula is C17H29N5O2. The van der Waals surface area contributed by atoms with E-state index in [0.29, 0.717) is 5.92 Å². The van der Waals surface area contributed by atoms with Crippen LogP contribution in [0.2, 0.25) is 0 Å². The Morgan fingerprint density at radius 3 is 2.67 bits per heavy atom. The molecule has 3 N–H and O–H groups in total. The summed E-state index contributed by atoms with van der Waals surface area (Å²) in [6.45, 7) is 2.11. The zero-order valence-corrected chi connectivity index (χ0v) is 14.4. The normalized spacial score (nSPS) is 27.8. The lowest BCUT2D eigenvalue weighted by atomic mass is 9.87. The van der Waals surface area contributed by atoms with Crippen LogP contribution in [-0.4, -0.2) is 52.7 Å². The Kier molecular flexibility index (Phi) is 5.60. The number of piperidine rings is 1. The molecule has 7 nitrogen and oxygen atoms in total. The molecular weight excluding hydrogens is 306 g/mol. The lowest BCUT2D eigenvalue weighted by Gasteiger charge is -2.34. The van der Waals surface area contributed by atoms with Gasteiger partial charge in [-0.25, -0.2) is 4.79 Å². The minimum absolute atomic E-state index is 0.0551. The molecule has 2 amide bonds. The van der Waals surface area contributed by atoms with Crippen molar-refractivity contribution in [2.75, 3.05) is 24.6 Å². The van der Waals surface area contributed by atoms with E-state index in [1.807, 2.05) is 24.1 Å². The third-order valence-corrected chi connectivity index (χ3v) is 5.25. The standard InChI is InChI=1S/C17H29N5O2/c1-21-11-16(9-18-21)22-8-2-3-15(10-22)20-17(24)19-14-6-4-13(12-23)5-7-14/h9,11,13-15,23H,2-8,10,12H2,1H3,(H2,19,20,24). The van der Waals surface area contributed by atoms with Crippen LogP contribution in [0.4, 0.5) is 10.5 Å². The SMILES string of the molecule is Cn1cc(N2CCCC(NC(=O)NC3CCC(CO)CC3)C2)cn1. The second-order valence-corrected chi connectivity index (χ2v) is 7.18. The fourth-order valence-corrected chi connectivity index (χ4v) is 3.80. The third-order valence-electron chi connectivity index (χ3n) is 5.25. The Morgan fingerprint density at radius 1 is 1.25 bits per heavy atom. The van der Waals surface area contributed by atoms with E-state index in [-0.39, 0.29) is 24.7 Å². The quantitative estimate of drug-likeness (QED) is 0.773. The van der Waals surface area contributed by atoms with Crippen molar-refractivity contribution in [3.63, 3.8) is 0 Å². The van der Waals surface area contributed by atoms with E-state index in [0.717, 1.165) is 57.3 Å². The first-order chi connectivity index (χ1) is 11.6. The molecule has 2 heterocycles. The fourth-order valence-electron chi connectivity index (χ4n) is 3.80. The number of carbonyl (C=O) groups excluding carboxylic acids is 1. The Labute approximate surface area is 143 Å². The summed E-state index contributed by atoms with van der Waals surface area (Å²) in [5.74, 6) is 0.414. The van der Waals surface area contributed by atoms with Crippen LogP contribution >= 0.6 is 0 Å². The van der Waals surface area contributed by atoms with Crippen molar-refractivity contribution in [1.82, 2.24) is 20.4 Å². The molecule has 1 aliphatic heterocycles. The maximum Gasteiger partial charge on any atom is 0.315 e. The van der Waals surface area contributed by atoms with E-state index < -0.39 is 0 Å². The second-order valence-electron chi connectivity index (χ2n) is 7.18. The van der Waals surface area contributed by atoms with Gasteiger partial charge in [-0.3, -0.25) is 4.68 Å². The van der Waals surface area contributed by atoms with Gasteiger partial charge in [-0.2, -0.15) is 5.10 Å². The highest BCUT2D eigenvalue weighted by Gasteiger charge is 2.25. The van der Waals surface area contributed by atoms with E-state index in [1.54, 1.807) is 0 Å². The molecule has 24 heavy (non-hydrogen) atoms. The Hall–Kier alpha value is -1.76. The molecule has 3 rings (SSSR count). The van der Waals surface area contributed by atoms with Crippen molar-refractivity contribution in [2.24, 2.45) is 13.0 Å². The zero-order valence-electron chi connectivity index (χ0n) is 14.4. The monoisotopic (exact) mass is 335 g/mol. The van der Waals surface area contributed by atoms with Gasteiger partial charge in [0.1, 0.15) is 0 Å². The first kappa shape index (κ1) is 17.1. The van der Waals surface area contributed by atoms with Crippen molar-refractivity contribution in [3.05, 3.63) is 12.4 Å². The summed E-state index contributed by atoms with van der Waals surface area (Å²) >= 11 is 0. The topological polar surface area (TPSA) is 82.4 Å². The van der Waals surface area contributed by atoms with Crippen molar-refractivity contribution >= 4 is 11.7 Å². The molecule has 2 aliphatic rings. The molecule has 7 heteroatoms. The first-order valence-corrected chi connectivity index (χ1v) is 9.05. The molecule has 1 saturated heterocycles. The second kappa shape index (κ2) is 7.88. The minimum atomic E-state index is -0.0551. The number of anilines is 1. The number of urea groups is 1. The van der Waals surface area contributed by atoms with Crippen LogP contribution in [0.3, 0.4) is 0 Å². The molecule has 0 aromatic carbocycles. The van der Waals surface area contributed by atoms with Crippen LogP contribution < -0.4 is 15.5 Å². The van der Waals surface area contributed by atoms with Gasteiger partial charge in [-0.15, -0.1) is 0 Å². The summed E-state index contributed by atoms with van der Waals surface area (Å²) in [5, 5.41) is 19.6. The van der Waals surface area contributed by atoms with E-state index in [9.17, 15) is 9.90 Å². The van der Waals surface area contributed by atoms with E-state index in [1.165, 1.54) is 0 Å². The predicted molar refractivity (Wildman–Crippen MR) is 92.9 cm³/mol. The molecule has 0 bridgehead atoms. The average Bonchev–Trinajstić information content (AvgIpc) is 3.02. The van der Waals surface area contributed by atoms with Gasteiger partial charge in [0, 0.05) is 45.0 Å². The lowest BCUT2D eigenvalue weighted by Crippen LogP contribution is -2.52. The van der Waals surface area contributed by atoms with Gasteiger partial charge in [0.2, 0.25) is 0 Å². The van der Waals surface area contributed by atoms with Gasteiger partial charge < -0.3 is 20.6 Å². The number of rotatable bonds is 4. The highest BCUT2D eigenvalue weighted by molar-refractivity contribution is 5.74. The Balaban J connectivity index is 1.44. The van der Waals surface area contributed by atoms with Gasteiger partial charge in [0.05, 0.1) is 11.9 Å². The van der Waals surface area contributed by atoms with Gasteiger partial charge in [-0.05, 0) is 44.4 Å². The summed E-state index contributed by atoms with van der Waals surface area (Å²) in [6.07, 6.45) is 9.91. The molecule has 0 radical (unpaired) electrons. The van der Waals surface area contributed by atoms with Crippen LogP contribution in [0, 0.1) is 5.92 Å². The number of nitrogens with one attached hydrogen (secondary N) is 2. The summed E-state index contributed by atoms with van der Waals surface area (Å²) < 4.78 is 1.81. The molecule has 1 aromatic heterocycles. The molecule has 0 spiro atoms. The molecule has 134 valence electrons.